The minimum absolute atomic E-state index is 0.0367. The summed E-state index contributed by atoms with van der Waals surface area (Å²) in [6, 6.07) is 7.13. The van der Waals surface area contributed by atoms with E-state index in [1.807, 2.05) is 13.0 Å². The first-order valence-electron chi connectivity index (χ1n) is 4.47. The molecule has 0 amide bonds. The van der Waals surface area contributed by atoms with Crippen LogP contribution in [-0.2, 0) is 0 Å². The second-order valence-corrected chi connectivity index (χ2v) is 3.38. The fourth-order valence-electron chi connectivity index (χ4n) is 1.01. The highest BCUT2D eigenvalue weighted by molar-refractivity contribution is 6.65. The zero-order valence-electron chi connectivity index (χ0n) is 8.25. The Labute approximate surface area is 88.6 Å². The molecule has 0 aromatic heterocycles. The number of halogens is 1. The number of carbonyl (C=O) groups excluding carboxylic acids is 1. The molecule has 1 aromatic rings. The molecule has 2 nitrogen and oxygen atoms in total. The second kappa shape index (κ2) is 4.91. The predicted octanol–water partition coefficient (Wildman–Crippen LogP) is 3.57. The third kappa shape index (κ3) is 2.96. The highest BCUT2D eigenvalue weighted by atomic mass is 35.5. The Balaban J connectivity index is 3.00. The van der Waals surface area contributed by atoms with Gasteiger partial charge < -0.3 is 0 Å². The van der Waals surface area contributed by atoms with Gasteiger partial charge in [-0.1, -0.05) is 30.7 Å². The summed E-state index contributed by atoms with van der Waals surface area (Å²) in [6.07, 6.45) is 0.700. The van der Waals surface area contributed by atoms with Gasteiger partial charge in [-0.25, -0.2) is 4.99 Å². The molecule has 14 heavy (non-hydrogen) atoms. The number of carbonyl (C=O) groups is 1. The minimum atomic E-state index is 0.0367. The van der Waals surface area contributed by atoms with Gasteiger partial charge in [-0.2, -0.15) is 0 Å². The van der Waals surface area contributed by atoms with Crippen molar-refractivity contribution in [2.24, 2.45) is 4.99 Å². The van der Waals surface area contributed by atoms with Crippen molar-refractivity contribution in [2.75, 3.05) is 0 Å². The van der Waals surface area contributed by atoms with Gasteiger partial charge in [0.2, 0.25) is 0 Å². The van der Waals surface area contributed by atoms with Crippen LogP contribution in [0, 0.1) is 0 Å². The van der Waals surface area contributed by atoms with Crippen LogP contribution < -0.4 is 0 Å². The van der Waals surface area contributed by atoms with Gasteiger partial charge in [-0.15, -0.1) is 0 Å². The van der Waals surface area contributed by atoms with E-state index in [4.69, 9.17) is 11.6 Å². The molecule has 0 radical (unpaired) electrons. The van der Waals surface area contributed by atoms with Crippen molar-refractivity contribution in [2.45, 2.75) is 20.3 Å². The van der Waals surface area contributed by atoms with Crippen molar-refractivity contribution in [3.05, 3.63) is 29.8 Å². The van der Waals surface area contributed by atoms with Crippen LogP contribution in [0.25, 0.3) is 0 Å². The number of aliphatic imine (C=N–C) groups is 1. The summed E-state index contributed by atoms with van der Waals surface area (Å²) < 4.78 is 0. The molecule has 1 rings (SSSR count). The first-order chi connectivity index (χ1) is 6.63. The number of hydrogen-bond donors (Lipinski definition) is 0. The SMILES string of the molecule is CC/C(Cl)=N/c1cccc(C(C)=O)c1. The van der Waals surface area contributed by atoms with Crippen LogP contribution in [0.3, 0.4) is 0 Å². The molecule has 0 bridgehead atoms. The Bertz CT molecular complexity index is 371. The smallest absolute Gasteiger partial charge is 0.159 e. The summed E-state index contributed by atoms with van der Waals surface area (Å²) in [6.45, 7) is 3.46. The molecule has 0 atom stereocenters. The maximum atomic E-state index is 11.1. The standard InChI is InChI=1S/C11H12ClNO/c1-3-11(12)13-10-6-4-5-9(7-10)8(2)14/h4-7H,3H2,1-2H3/b13-11-. The summed E-state index contributed by atoms with van der Waals surface area (Å²) in [4.78, 5) is 15.2. The third-order valence-corrected chi connectivity index (χ3v) is 2.15. The van der Waals surface area contributed by atoms with Crippen molar-refractivity contribution in [1.29, 1.82) is 0 Å². The number of Topliss-reactive ketones (excluding diaryl/α,β-unsaturated/α-hetero) is 1. The van der Waals surface area contributed by atoms with Gasteiger partial charge in [-0.05, 0) is 25.5 Å². The number of hydrogen-bond acceptors (Lipinski definition) is 2. The van der Waals surface area contributed by atoms with Crippen LogP contribution in [0.5, 0.6) is 0 Å². The first-order valence-corrected chi connectivity index (χ1v) is 4.85. The van der Waals surface area contributed by atoms with Crippen molar-refractivity contribution in [3.63, 3.8) is 0 Å². The molecule has 0 fully saturated rings. The van der Waals surface area contributed by atoms with E-state index in [1.54, 1.807) is 18.2 Å². The van der Waals surface area contributed by atoms with Gasteiger partial charge in [0, 0.05) is 5.56 Å². The summed E-state index contributed by atoms with van der Waals surface area (Å²) >= 11 is 5.80. The van der Waals surface area contributed by atoms with E-state index >= 15 is 0 Å². The van der Waals surface area contributed by atoms with Crippen molar-refractivity contribution in [3.8, 4) is 0 Å². The van der Waals surface area contributed by atoms with Crippen LogP contribution in [-0.4, -0.2) is 11.0 Å². The van der Waals surface area contributed by atoms with E-state index in [1.165, 1.54) is 6.92 Å². The third-order valence-electron chi connectivity index (χ3n) is 1.79. The Morgan fingerprint density at radius 3 is 2.79 bits per heavy atom. The van der Waals surface area contributed by atoms with Crippen LogP contribution in [0.2, 0.25) is 0 Å². The van der Waals surface area contributed by atoms with Gasteiger partial charge in [0.15, 0.2) is 5.78 Å². The number of nitrogens with zero attached hydrogens (tertiary/aromatic N) is 1. The topological polar surface area (TPSA) is 29.4 Å². The quantitative estimate of drug-likeness (QED) is 0.553. The van der Waals surface area contributed by atoms with E-state index in [0.717, 1.165) is 5.69 Å². The Kier molecular flexibility index (Phi) is 3.84. The lowest BCUT2D eigenvalue weighted by atomic mass is 10.1. The summed E-state index contributed by atoms with van der Waals surface area (Å²) in [5.41, 5.74) is 1.39. The maximum absolute atomic E-state index is 11.1. The fourth-order valence-corrected chi connectivity index (χ4v) is 1.11. The molecular formula is C11H12ClNO. The van der Waals surface area contributed by atoms with Gasteiger partial charge >= 0.3 is 0 Å². The summed E-state index contributed by atoms with van der Waals surface area (Å²) in [7, 11) is 0. The normalized spacial score (nSPS) is 11.5. The number of rotatable bonds is 3. The monoisotopic (exact) mass is 209 g/mol. The molecule has 74 valence electrons. The van der Waals surface area contributed by atoms with E-state index in [9.17, 15) is 4.79 Å². The maximum Gasteiger partial charge on any atom is 0.159 e. The summed E-state index contributed by atoms with van der Waals surface area (Å²) in [5.74, 6) is 0.0367. The lowest BCUT2D eigenvalue weighted by Crippen LogP contribution is -1.90. The lowest BCUT2D eigenvalue weighted by molar-refractivity contribution is 0.101. The number of benzene rings is 1. The zero-order valence-corrected chi connectivity index (χ0v) is 9.01. The van der Waals surface area contributed by atoms with E-state index in [2.05, 4.69) is 4.99 Å². The fraction of sp³-hybridized carbons (Fsp3) is 0.273. The minimum Gasteiger partial charge on any atom is -0.295 e. The summed E-state index contributed by atoms with van der Waals surface area (Å²) in [5, 5.41) is 0.547. The average molecular weight is 210 g/mol. The van der Waals surface area contributed by atoms with Gasteiger partial charge in [0.25, 0.3) is 0 Å². The molecule has 0 unspecified atom stereocenters. The highest BCUT2D eigenvalue weighted by Gasteiger charge is 1.99. The van der Waals surface area contributed by atoms with Gasteiger partial charge in [0.1, 0.15) is 5.17 Å². The number of ketones is 1. The zero-order chi connectivity index (χ0) is 10.6. The molecule has 0 N–H and O–H groups in total. The van der Waals surface area contributed by atoms with Crippen LogP contribution in [0.1, 0.15) is 30.6 Å². The second-order valence-electron chi connectivity index (χ2n) is 2.95. The molecule has 0 spiro atoms. The van der Waals surface area contributed by atoms with E-state index in [0.29, 0.717) is 17.2 Å². The predicted molar refractivity (Wildman–Crippen MR) is 59.7 cm³/mol. The lowest BCUT2D eigenvalue weighted by Gasteiger charge is -1.98. The molecular weight excluding hydrogens is 198 g/mol. The Morgan fingerprint density at radius 2 is 2.21 bits per heavy atom. The van der Waals surface area contributed by atoms with Crippen molar-refractivity contribution >= 4 is 28.2 Å². The molecule has 0 aliphatic rings. The molecule has 0 saturated carbocycles. The van der Waals surface area contributed by atoms with E-state index in [-0.39, 0.29) is 5.78 Å². The van der Waals surface area contributed by atoms with Gasteiger partial charge in [-0.3, -0.25) is 4.79 Å². The molecule has 1 aromatic carbocycles. The van der Waals surface area contributed by atoms with Crippen LogP contribution in [0.15, 0.2) is 29.3 Å². The van der Waals surface area contributed by atoms with Crippen molar-refractivity contribution < 1.29 is 4.79 Å². The first kappa shape index (κ1) is 10.9. The van der Waals surface area contributed by atoms with Crippen molar-refractivity contribution in [1.82, 2.24) is 0 Å². The Morgan fingerprint density at radius 1 is 1.50 bits per heavy atom. The molecule has 0 aliphatic carbocycles. The molecule has 0 saturated heterocycles. The van der Waals surface area contributed by atoms with Crippen LogP contribution >= 0.6 is 11.6 Å². The average Bonchev–Trinajstić information content (AvgIpc) is 2.18. The van der Waals surface area contributed by atoms with Crippen LogP contribution in [0.4, 0.5) is 5.69 Å². The molecule has 3 heteroatoms. The molecule has 0 heterocycles. The Hall–Kier alpha value is -1.15. The van der Waals surface area contributed by atoms with E-state index < -0.39 is 0 Å². The highest BCUT2D eigenvalue weighted by Crippen LogP contribution is 2.16. The molecule has 0 aliphatic heterocycles. The van der Waals surface area contributed by atoms with Gasteiger partial charge in [0.05, 0.1) is 5.69 Å². The largest absolute Gasteiger partial charge is 0.295 e.